The summed E-state index contributed by atoms with van der Waals surface area (Å²) in [5.41, 5.74) is 2.95. The molecule has 0 N–H and O–H groups in total. The van der Waals surface area contributed by atoms with Gasteiger partial charge in [-0.2, -0.15) is 5.10 Å². The minimum absolute atomic E-state index is 0.0287. The second-order valence-corrected chi connectivity index (χ2v) is 6.07. The lowest BCUT2D eigenvalue weighted by Crippen LogP contribution is -2.07. The molecule has 0 unspecified atom stereocenters. The van der Waals surface area contributed by atoms with Crippen molar-refractivity contribution in [2.75, 3.05) is 0 Å². The zero-order valence-corrected chi connectivity index (χ0v) is 13.9. The average Bonchev–Trinajstić information content (AvgIpc) is 2.97. The number of halogens is 1. The number of Topliss-reactive ketones (excluding diaryl/α,β-unsaturated/α-hetero) is 1. The van der Waals surface area contributed by atoms with E-state index in [0.717, 1.165) is 27.8 Å². The Morgan fingerprint density at radius 1 is 1.45 bits per heavy atom. The maximum absolute atomic E-state index is 12.0. The van der Waals surface area contributed by atoms with E-state index >= 15 is 0 Å². The Morgan fingerprint density at radius 2 is 2.15 bits per heavy atom. The van der Waals surface area contributed by atoms with Crippen molar-refractivity contribution >= 4 is 21.7 Å². The molecule has 5 heteroatoms. The van der Waals surface area contributed by atoms with Gasteiger partial charge in [0.15, 0.2) is 5.78 Å². The molecule has 0 fully saturated rings. The second-order valence-electron chi connectivity index (χ2n) is 5.28. The van der Waals surface area contributed by atoms with Crippen LogP contribution >= 0.6 is 15.9 Å². The minimum Gasteiger partial charge on any atom is -0.348 e. The van der Waals surface area contributed by atoms with E-state index in [1.165, 1.54) is 0 Å². The van der Waals surface area contributed by atoms with Crippen LogP contribution in [0.15, 0.2) is 22.9 Å². The van der Waals surface area contributed by atoms with Crippen LogP contribution in [-0.4, -0.2) is 20.1 Å². The maximum Gasteiger partial charge on any atom is 0.166 e. The van der Waals surface area contributed by atoms with Crippen LogP contribution in [0.5, 0.6) is 0 Å². The molecule has 0 bridgehead atoms. The van der Waals surface area contributed by atoms with Crippen LogP contribution in [0.2, 0.25) is 0 Å². The fourth-order valence-corrected chi connectivity index (χ4v) is 2.92. The molecule has 108 valence electrons. The van der Waals surface area contributed by atoms with Gasteiger partial charge < -0.3 is 4.57 Å². The molecular weight excluding hydrogens is 318 g/mol. The summed E-state index contributed by atoms with van der Waals surface area (Å²) in [6.07, 6.45) is 4.76. The molecule has 2 rings (SSSR count). The molecule has 0 aliphatic carbocycles. The molecule has 0 spiro atoms. The summed E-state index contributed by atoms with van der Waals surface area (Å²) in [6.45, 7) is 6.64. The second kappa shape index (κ2) is 5.95. The summed E-state index contributed by atoms with van der Waals surface area (Å²) in [7, 11) is 1.95. The highest BCUT2D eigenvalue weighted by atomic mass is 79.9. The number of nitrogens with zero attached hydrogens (tertiary/aromatic N) is 3. The van der Waals surface area contributed by atoms with Crippen LogP contribution in [0.25, 0.3) is 0 Å². The SMILES string of the molecule is CCc1nn(C)c(Cn2ccc(C(=O)C(C)C)c2)c1Br. The molecule has 0 saturated carbocycles. The lowest BCUT2D eigenvalue weighted by Gasteiger charge is -2.05. The van der Waals surface area contributed by atoms with Crippen molar-refractivity contribution in [3.05, 3.63) is 39.9 Å². The summed E-state index contributed by atoms with van der Waals surface area (Å²) in [5, 5.41) is 4.48. The molecule has 4 nitrogen and oxygen atoms in total. The first-order valence-electron chi connectivity index (χ1n) is 6.84. The molecule has 0 amide bonds. The summed E-state index contributed by atoms with van der Waals surface area (Å²) < 4.78 is 4.98. The standard InChI is InChI=1S/C15H20BrN3O/c1-5-12-14(16)13(18(4)17-12)9-19-7-6-11(8-19)15(20)10(2)3/h6-8,10H,5,9H2,1-4H3. The number of carbonyl (C=O) groups excluding carboxylic acids is 1. The topological polar surface area (TPSA) is 39.8 Å². The van der Waals surface area contributed by atoms with Gasteiger partial charge in [0.2, 0.25) is 0 Å². The lowest BCUT2D eigenvalue weighted by molar-refractivity contribution is 0.0939. The molecule has 0 saturated heterocycles. The highest BCUT2D eigenvalue weighted by Gasteiger charge is 2.15. The minimum atomic E-state index is 0.0287. The third kappa shape index (κ3) is 2.87. The number of hydrogen-bond acceptors (Lipinski definition) is 2. The van der Waals surface area contributed by atoms with Gasteiger partial charge >= 0.3 is 0 Å². The summed E-state index contributed by atoms with van der Waals surface area (Å²) >= 11 is 3.62. The Kier molecular flexibility index (Phi) is 4.48. The van der Waals surface area contributed by atoms with Crippen LogP contribution in [0.1, 0.15) is 42.5 Å². The highest BCUT2D eigenvalue weighted by molar-refractivity contribution is 9.10. The Balaban J connectivity index is 2.23. The van der Waals surface area contributed by atoms with Gasteiger partial charge in [0, 0.05) is 30.9 Å². The van der Waals surface area contributed by atoms with E-state index < -0.39 is 0 Å². The third-order valence-electron chi connectivity index (χ3n) is 3.39. The van der Waals surface area contributed by atoms with Crippen molar-refractivity contribution in [1.29, 1.82) is 0 Å². The molecular formula is C15H20BrN3O. The van der Waals surface area contributed by atoms with Crippen molar-refractivity contribution in [3.8, 4) is 0 Å². The first-order chi connectivity index (χ1) is 9.43. The van der Waals surface area contributed by atoms with Crippen LogP contribution < -0.4 is 0 Å². The van der Waals surface area contributed by atoms with Crippen LogP contribution in [0.4, 0.5) is 0 Å². The highest BCUT2D eigenvalue weighted by Crippen LogP contribution is 2.22. The van der Waals surface area contributed by atoms with Crippen LogP contribution in [-0.2, 0) is 20.0 Å². The molecule has 0 aromatic carbocycles. The van der Waals surface area contributed by atoms with Gasteiger partial charge in [0.05, 0.1) is 22.4 Å². The van der Waals surface area contributed by atoms with Crippen LogP contribution in [0.3, 0.4) is 0 Å². The number of carbonyl (C=O) groups is 1. The summed E-state index contributed by atoms with van der Waals surface area (Å²) in [6, 6.07) is 1.88. The predicted molar refractivity (Wildman–Crippen MR) is 83.0 cm³/mol. The number of ketones is 1. The van der Waals surface area contributed by atoms with Gasteiger partial charge in [-0.3, -0.25) is 9.48 Å². The number of aryl methyl sites for hydroxylation is 2. The molecule has 0 atom stereocenters. The predicted octanol–water partition coefficient (Wildman–Crippen LogP) is 3.43. The Hall–Kier alpha value is -1.36. The third-order valence-corrected chi connectivity index (χ3v) is 4.31. The van der Waals surface area contributed by atoms with E-state index in [0.29, 0.717) is 6.54 Å². The largest absolute Gasteiger partial charge is 0.348 e. The van der Waals surface area contributed by atoms with Gasteiger partial charge in [0.25, 0.3) is 0 Å². The van der Waals surface area contributed by atoms with Gasteiger partial charge in [0.1, 0.15) is 0 Å². The first kappa shape index (κ1) is 15.0. The monoisotopic (exact) mass is 337 g/mol. The molecule has 0 aliphatic heterocycles. The molecule has 0 aliphatic rings. The van der Waals surface area contributed by atoms with Crippen molar-refractivity contribution in [2.45, 2.75) is 33.7 Å². The fraction of sp³-hybridized carbons (Fsp3) is 0.467. The van der Waals surface area contributed by atoms with E-state index in [1.807, 2.05) is 48.6 Å². The van der Waals surface area contributed by atoms with Gasteiger partial charge in [-0.1, -0.05) is 20.8 Å². The van der Waals surface area contributed by atoms with Crippen molar-refractivity contribution in [3.63, 3.8) is 0 Å². The molecule has 2 aromatic heterocycles. The zero-order chi connectivity index (χ0) is 14.9. The van der Waals surface area contributed by atoms with E-state index in [2.05, 4.69) is 28.0 Å². The lowest BCUT2D eigenvalue weighted by atomic mass is 10.0. The van der Waals surface area contributed by atoms with Crippen molar-refractivity contribution in [2.24, 2.45) is 13.0 Å². The average molecular weight is 338 g/mol. The van der Waals surface area contributed by atoms with Crippen LogP contribution in [0, 0.1) is 5.92 Å². The number of hydrogen-bond donors (Lipinski definition) is 0. The van der Waals surface area contributed by atoms with Gasteiger partial charge in [-0.15, -0.1) is 0 Å². The van der Waals surface area contributed by atoms with Crippen molar-refractivity contribution < 1.29 is 4.79 Å². The fourth-order valence-electron chi connectivity index (χ4n) is 2.18. The molecule has 0 radical (unpaired) electrons. The Labute approximate surface area is 127 Å². The summed E-state index contributed by atoms with van der Waals surface area (Å²) in [5.74, 6) is 0.211. The molecule has 20 heavy (non-hydrogen) atoms. The number of aromatic nitrogens is 3. The Morgan fingerprint density at radius 3 is 2.70 bits per heavy atom. The Bertz CT molecular complexity index is 625. The van der Waals surface area contributed by atoms with E-state index in [1.54, 1.807) is 0 Å². The van der Waals surface area contributed by atoms with E-state index in [-0.39, 0.29) is 11.7 Å². The smallest absolute Gasteiger partial charge is 0.166 e. The molecule has 2 aromatic rings. The van der Waals surface area contributed by atoms with Gasteiger partial charge in [-0.25, -0.2) is 0 Å². The first-order valence-corrected chi connectivity index (χ1v) is 7.63. The normalized spacial score (nSPS) is 11.3. The van der Waals surface area contributed by atoms with E-state index in [4.69, 9.17) is 0 Å². The zero-order valence-electron chi connectivity index (χ0n) is 12.4. The van der Waals surface area contributed by atoms with E-state index in [9.17, 15) is 4.79 Å². The summed E-state index contributed by atoms with van der Waals surface area (Å²) in [4.78, 5) is 12.0. The maximum atomic E-state index is 12.0. The quantitative estimate of drug-likeness (QED) is 0.784. The number of rotatable bonds is 5. The molecule has 2 heterocycles. The van der Waals surface area contributed by atoms with Gasteiger partial charge in [-0.05, 0) is 28.4 Å². The van der Waals surface area contributed by atoms with Crippen molar-refractivity contribution in [1.82, 2.24) is 14.3 Å².